The van der Waals surface area contributed by atoms with Crippen LogP contribution in [0.25, 0.3) is 0 Å². The van der Waals surface area contributed by atoms with Gasteiger partial charge in [-0.25, -0.2) is 0 Å². The first-order valence-corrected chi connectivity index (χ1v) is 7.77. The van der Waals surface area contributed by atoms with Gasteiger partial charge in [0.15, 0.2) is 0 Å². The SMILES string of the molecule is CN1NC(=O)C(CC(=O)Nc2ccc(N3CCCC3)cc2)C1=O. The molecule has 3 amide bonds. The Morgan fingerprint density at radius 3 is 2.43 bits per heavy atom. The lowest BCUT2D eigenvalue weighted by Gasteiger charge is -2.17. The number of carbonyl (C=O) groups is 3. The summed E-state index contributed by atoms with van der Waals surface area (Å²) in [4.78, 5) is 37.7. The molecule has 2 saturated heterocycles. The molecule has 2 N–H and O–H groups in total. The minimum Gasteiger partial charge on any atom is -0.372 e. The van der Waals surface area contributed by atoms with E-state index in [0.29, 0.717) is 5.69 Å². The molecule has 23 heavy (non-hydrogen) atoms. The van der Waals surface area contributed by atoms with Crippen molar-refractivity contribution in [3.63, 3.8) is 0 Å². The van der Waals surface area contributed by atoms with E-state index in [1.165, 1.54) is 19.9 Å². The van der Waals surface area contributed by atoms with E-state index in [-0.39, 0.29) is 18.2 Å². The van der Waals surface area contributed by atoms with Gasteiger partial charge in [-0.2, -0.15) is 0 Å². The zero-order valence-corrected chi connectivity index (χ0v) is 13.0. The van der Waals surface area contributed by atoms with Gasteiger partial charge in [-0.05, 0) is 37.1 Å². The molecule has 0 spiro atoms. The third kappa shape index (κ3) is 3.28. The molecule has 2 heterocycles. The molecule has 0 aromatic heterocycles. The Balaban J connectivity index is 1.57. The van der Waals surface area contributed by atoms with Gasteiger partial charge < -0.3 is 10.2 Å². The molecule has 0 radical (unpaired) electrons. The first-order chi connectivity index (χ1) is 11.0. The number of amides is 3. The Labute approximate surface area is 134 Å². The molecule has 2 aliphatic rings. The summed E-state index contributed by atoms with van der Waals surface area (Å²) in [6, 6.07) is 7.63. The van der Waals surface area contributed by atoms with Gasteiger partial charge >= 0.3 is 0 Å². The molecule has 122 valence electrons. The van der Waals surface area contributed by atoms with E-state index in [4.69, 9.17) is 0 Å². The van der Waals surface area contributed by atoms with Crippen LogP contribution in [0.15, 0.2) is 24.3 Å². The van der Waals surface area contributed by atoms with Crippen LogP contribution in [-0.4, -0.2) is 42.9 Å². The highest BCUT2D eigenvalue weighted by molar-refractivity contribution is 6.08. The first-order valence-electron chi connectivity index (χ1n) is 7.77. The standard InChI is InChI=1S/C16H20N4O3/c1-19-16(23)13(15(22)18-19)10-14(21)17-11-4-6-12(7-5-11)20-8-2-3-9-20/h4-7,13H,2-3,8-10H2,1H3,(H,17,21)(H,18,22). The van der Waals surface area contributed by atoms with Crippen LogP contribution < -0.4 is 15.6 Å². The van der Waals surface area contributed by atoms with E-state index in [0.717, 1.165) is 23.8 Å². The van der Waals surface area contributed by atoms with Crippen molar-refractivity contribution in [2.24, 2.45) is 5.92 Å². The van der Waals surface area contributed by atoms with Crippen LogP contribution >= 0.6 is 0 Å². The number of hydrogen-bond acceptors (Lipinski definition) is 4. The highest BCUT2D eigenvalue weighted by atomic mass is 16.2. The zero-order valence-electron chi connectivity index (χ0n) is 13.0. The summed E-state index contributed by atoms with van der Waals surface area (Å²) < 4.78 is 0. The summed E-state index contributed by atoms with van der Waals surface area (Å²) in [6.45, 7) is 2.14. The summed E-state index contributed by atoms with van der Waals surface area (Å²) in [5.41, 5.74) is 4.19. The molecule has 1 atom stereocenters. The maximum atomic E-state index is 12.0. The van der Waals surface area contributed by atoms with Gasteiger partial charge in [-0.15, -0.1) is 0 Å². The molecule has 2 fully saturated rings. The van der Waals surface area contributed by atoms with Crippen LogP contribution in [0.2, 0.25) is 0 Å². The largest absolute Gasteiger partial charge is 0.372 e. The van der Waals surface area contributed by atoms with E-state index < -0.39 is 11.8 Å². The fourth-order valence-corrected chi connectivity index (χ4v) is 2.95. The van der Waals surface area contributed by atoms with Crippen LogP contribution in [0, 0.1) is 5.92 Å². The highest BCUT2D eigenvalue weighted by Gasteiger charge is 2.38. The van der Waals surface area contributed by atoms with Crippen LogP contribution in [0.1, 0.15) is 19.3 Å². The number of benzene rings is 1. The van der Waals surface area contributed by atoms with Crippen molar-refractivity contribution in [2.75, 3.05) is 30.4 Å². The lowest BCUT2D eigenvalue weighted by atomic mass is 10.0. The Kier molecular flexibility index (Phi) is 4.18. The molecule has 1 unspecified atom stereocenters. The van der Waals surface area contributed by atoms with Crippen LogP contribution in [0.4, 0.5) is 11.4 Å². The van der Waals surface area contributed by atoms with Crippen molar-refractivity contribution in [3.05, 3.63) is 24.3 Å². The number of hydrogen-bond donors (Lipinski definition) is 2. The van der Waals surface area contributed by atoms with E-state index >= 15 is 0 Å². The number of anilines is 2. The minimum atomic E-state index is -0.941. The lowest BCUT2D eigenvalue weighted by molar-refractivity contribution is -0.134. The zero-order chi connectivity index (χ0) is 16.4. The summed E-state index contributed by atoms with van der Waals surface area (Å²) in [5, 5.41) is 3.85. The average molecular weight is 316 g/mol. The predicted molar refractivity (Wildman–Crippen MR) is 85.5 cm³/mol. The minimum absolute atomic E-state index is 0.150. The van der Waals surface area contributed by atoms with Crippen LogP contribution in [0.5, 0.6) is 0 Å². The molecule has 0 aliphatic carbocycles. The highest BCUT2D eigenvalue weighted by Crippen LogP contribution is 2.22. The topological polar surface area (TPSA) is 81.8 Å². The van der Waals surface area contributed by atoms with Gasteiger partial charge in [0, 0.05) is 37.9 Å². The van der Waals surface area contributed by atoms with E-state index in [1.54, 1.807) is 0 Å². The Morgan fingerprint density at radius 1 is 1.22 bits per heavy atom. The van der Waals surface area contributed by atoms with Crippen LogP contribution in [-0.2, 0) is 14.4 Å². The first kappa shape index (κ1) is 15.3. The van der Waals surface area contributed by atoms with E-state index in [2.05, 4.69) is 15.6 Å². The van der Waals surface area contributed by atoms with Crippen molar-refractivity contribution in [1.29, 1.82) is 0 Å². The molecule has 7 heteroatoms. The summed E-state index contributed by atoms with van der Waals surface area (Å²) in [7, 11) is 1.47. The molecule has 1 aromatic carbocycles. The second-order valence-electron chi connectivity index (χ2n) is 5.92. The van der Waals surface area contributed by atoms with Gasteiger partial charge in [-0.3, -0.25) is 24.8 Å². The van der Waals surface area contributed by atoms with E-state index in [1.807, 2.05) is 24.3 Å². The molecule has 0 bridgehead atoms. The molecule has 3 rings (SSSR count). The summed E-state index contributed by atoms with van der Waals surface area (Å²) in [5.74, 6) is -2.10. The average Bonchev–Trinajstić information content (AvgIpc) is 3.13. The molecule has 1 aromatic rings. The molecule has 0 saturated carbocycles. The second kappa shape index (κ2) is 6.28. The maximum Gasteiger partial charge on any atom is 0.253 e. The van der Waals surface area contributed by atoms with Gasteiger partial charge in [0.2, 0.25) is 5.91 Å². The van der Waals surface area contributed by atoms with Crippen molar-refractivity contribution >= 4 is 29.1 Å². The van der Waals surface area contributed by atoms with Crippen molar-refractivity contribution < 1.29 is 14.4 Å². The number of nitrogens with zero attached hydrogens (tertiary/aromatic N) is 2. The number of carbonyl (C=O) groups excluding carboxylic acids is 3. The van der Waals surface area contributed by atoms with Crippen molar-refractivity contribution in [1.82, 2.24) is 10.4 Å². The van der Waals surface area contributed by atoms with Gasteiger partial charge in [-0.1, -0.05) is 0 Å². The van der Waals surface area contributed by atoms with Gasteiger partial charge in [0.05, 0.1) is 0 Å². The number of rotatable bonds is 4. The molecule has 7 nitrogen and oxygen atoms in total. The summed E-state index contributed by atoms with van der Waals surface area (Å²) in [6.07, 6.45) is 2.28. The number of nitrogens with one attached hydrogen (secondary N) is 2. The smallest absolute Gasteiger partial charge is 0.253 e. The Hall–Kier alpha value is -2.57. The van der Waals surface area contributed by atoms with Crippen molar-refractivity contribution in [3.8, 4) is 0 Å². The molecular formula is C16H20N4O3. The second-order valence-corrected chi connectivity index (χ2v) is 5.92. The van der Waals surface area contributed by atoms with Crippen LogP contribution in [0.3, 0.4) is 0 Å². The Bertz CT molecular complexity index is 623. The predicted octanol–water partition coefficient (Wildman–Crippen LogP) is 0.735. The quantitative estimate of drug-likeness (QED) is 0.803. The van der Waals surface area contributed by atoms with Crippen molar-refractivity contribution in [2.45, 2.75) is 19.3 Å². The summed E-state index contributed by atoms with van der Waals surface area (Å²) >= 11 is 0. The van der Waals surface area contributed by atoms with Gasteiger partial charge in [0.1, 0.15) is 5.92 Å². The lowest BCUT2D eigenvalue weighted by Crippen LogP contribution is -2.31. The maximum absolute atomic E-state index is 12.0. The van der Waals surface area contributed by atoms with Gasteiger partial charge in [0.25, 0.3) is 11.8 Å². The fraction of sp³-hybridized carbons (Fsp3) is 0.438. The number of hydrazine groups is 1. The fourth-order valence-electron chi connectivity index (χ4n) is 2.95. The molecule has 2 aliphatic heterocycles. The normalized spacial score (nSPS) is 20.8. The van der Waals surface area contributed by atoms with E-state index in [9.17, 15) is 14.4 Å². The third-order valence-electron chi connectivity index (χ3n) is 4.23. The Morgan fingerprint density at radius 2 is 1.87 bits per heavy atom. The third-order valence-corrected chi connectivity index (χ3v) is 4.23. The monoisotopic (exact) mass is 316 g/mol. The molecular weight excluding hydrogens is 296 g/mol.